The maximum Gasteiger partial charge on any atom is 0.342 e. The van der Waals surface area contributed by atoms with Gasteiger partial charge in [0.25, 0.3) is 0 Å². The molecule has 0 atom stereocenters. The average molecular weight is 398 g/mol. The minimum atomic E-state index is -0.625. The Labute approximate surface area is 175 Å². The third kappa shape index (κ3) is 3.90. The number of hydrogen-bond donors (Lipinski definition) is 0. The zero-order chi connectivity index (χ0) is 20.9. The Kier molecular flexibility index (Phi) is 5.75. The van der Waals surface area contributed by atoms with Crippen molar-refractivity contribution in [3.8, 4) is 5.75 Å². The zero-order valence-corrected chi connectivity index (χ0v) is 16.8. The highest BCUT2D eigenvalue weighted by atomic mass is 16.5. The number of rotatable bonds is 7. The predicted octanol–water partition coefficient (Wildman–Crippen LogP) is 4.87. The number of benzene rings is 3. The van der Waals surface area contributed by atoms with E-state index in [2.05, 4.69) is 12.1 Å². The summed E-state index contributed by atoms with van der Waals surface area (Å²) in [6.07, 6.45) is 1.80. The van der Waals surface area contributed by atoms with Crippen molar-refractivity contribution >= 4 is 17.3 Å². The van der Waals surface area contributed by atoms with Crippen molar-refractivity contribution in [2.45, 2.75) is 12.8 Å². The third-order valence-electron chi connectivity index (χ3n) is 5.16. The maximum absolute atomic E-state index is 13.0. The van der Waals surface area contributed by atoms with E-state index >= 15 is 0 Å². The Balaban J connectivity index is 1.55. The van der Waals surface area contributed by atoms with E-state index in [4.69, 9.17) is 9.47 Å². The van der Waals surface area contributed by atoms with Crippen LogP contribution in [0.4, 0.5) is 0 Å². The van der Waals surface area contributed by atoms with E-state index in [0.29, 0.717) is 23.5 Å². The second kappa shape index (κ2) is 8.78. The Bertz CT molecular complexity index is 1100. The highest BCUT2D eigenvalue weighted by Crippen LogP contribution is 2.39. The molecule has 150 valence electrons. The van der Waals surface area contributed by atoms with E-state index in [9.17, 15) is 9.59 Å². The number of ketones is 1. The fraction of sp³-hybridized carbons (Fsp3) is 0.154. The van der Waals surface area contributed by atoms with Gasteiger partial charge in [0.2, 0.25) is 5.78 Å². The lowest BCUT2D eigenvalue weighted by Gasteiger charge is -2.10. The molecule has 0 N–H and O–H groups in total. The van der Waals surface area contributed by atoms with Crippen LogP contribution in [-0.2, 0) is 16.0 Å². The van der Waals surface area contributed by atoms with Crippen LogP contribution in [0.3, 0.4) is 0 Å². The van der Waals surface area contributed by atoms with Crippen LogP contribution in [0.2, 0.25) is 0 Å². The number of Topliss-reactive ketones (excluding diaryl/α,β-unsaturated/α-hetero) is 1. The summed E-state index contributed by atoms with van der Waals surface area (Å²) in [7, 11) is 1.29. The topological polar surface area (TPSA) is 52.6 Å². The van der Waals surface area contributed by atoms with Crippen molar-refractivity contribution in [3.05, 3.63) is 107 Å². The minimum absolute atomic E-state index is 0.0694. The molecule has 4 nitrogen and oxygen atoms in total. The van der Waals surface area contributed by atoms with E-state index in [1.165, 1.54) is 12.7 Å². The fourth-order valence-corrected chi connectivity index (χ4v) is 3.71. The fourth-order valence-electron chi connectivity index (χ4n) is 3.71. The normalized spacial score (nSPS) is 12.6. The molecule has 1 aliphatic carbocycles. The van der Waals surface area contributed by atoms with Crippen molar-refractivity contribution in [2.75, 3.05) is 13.7 Å². The average Bonchev–Trinajstić information content (AvgIpc) is 3.09. The molecule has 4 heteroatoms. The quantitative estimate of drug-likeness (QED) is 0.324. The van der Waals surface area contributed by atoms with E-state index in [1.54, 1.807) is 6.07 Å². The summed E-state index contributed by atoms with van der Waals surface area (Å²) in [6.45, 7) is 0.546. The summed E-state index contributed by atoms with van der Waals surface area (Å²) in [4.78, 5) is 25.4. The number of aryl methyl sites for hydroxylation is 1. The van der Waals surface area contributed by atoms with Gasteiger partial charge in [0, 0.05) is 11.1 Å². The molecule has 0 heterocycles. The number of ether oxygens (including phenoxy) is 2. The van der Waals surface area contributed by atoms with Gasteiger partial charge in [-0.15, -0.1) is 0 Å². The molecule has 0 amide bonds. The van der Waals surface area contributed by atoms with Crippen LogP contribution in [-0.4, -0.2) is 25.5 Å². The summed E-state index contributed by atoms with van der Waals surface area (Å²) in [5.41, 5.74) is 3.95. The van der Waals surface area contributed by atoms with Gasteiger partial charge in [-0.1, -0.05) is 60.7 Å². The predicted molar refractivity (Wildman–Crippen MR) is 116 cm³/mol. The first-order valence-corrected chi connectivity index (χ1v) is 9.93. The number of fused-ring (bicyclic) bond motifs is 1. The molecule has 4 rings (SSSR count). The summed E-state index contributed by atoms with van der Waals surface area (Å²) < 4.78 is 10.8. The van der Waals surface area contributed by atoms with Crippen molar-refractivity contribution in [1.29, 1.82) is 0 Å². The van der Waals surface area contributed by atoms with Crippen molar-refractivity contribution in [3.63, 3.8) is 0 Å². The zero-order valence-electron chi connectivity index (χ0n) is 16.8. The number of carbonyl (C=O) groups is 2. The van der Waals surface area contributed by atoms with Gasteiger partial charge in [-0.05, 0) is 47.7 Å². The first kappa shape index (κ1) is 19.6. The lowest BCUT2D eigenvalue weighted by Crippen LogP contribution is -2.12. The molecule has 0 unspecified atom stereocenters. The molecule has 0 bridgehead atoms. The first-order chi connectivity index (χ1) is 14.7. The molecular weight excluding hydrogens is 376 g/mol. The Morgan fingerprint density at radius 1 is 0.867 bits per heavy atom. The lowest BCUT2D eigenvalue weighted by molar-refractivity contribution is -0.135. The van der Waals surface area contributed by atoms with Crippen molar-refractivity contribution < 1.29 is 19.1 Å². The SMILES string of the molecule is COC(=O)C1=C(c2ccccc2)c2ccc(OCCCc3ccccc3)cc2C1=O. The number of methoxy groups -OCH3 is 1. The van der Waals surface area contributed by atoms with Gasteiger partial charge in [0.15, 0.2) is 0 Å². The van der Waals surface area contributed by atoms with Crippen LogP contribution in [0, 0.1) is 0 Å². The highest BCUT2D eigenvalue weighted by molar-refractivity contribution is 6.35. The van der Waals surface area contributed by atoms with E-state index < -0.39 is 5.97 Å². The standard InChI is InChI=1S/C26H22O4/c1-29-26(28)24-23(19-12-6-3-7-13-19)21-15-14-20(17-22(21)25(24)27)30-16-8-11-18-9-4-2-5-10-18/h2-7,9-10,12-15,17H,8,11,16H2,1H3. The van der Waals surface area contributed by atoms with Gasteiger partial charge >= 0.3 is 5.97 Å². The molecule has 0 fully saturated rings. The summed E-state index contributed by atoms with van der Waals surface area (Å²) in [5.74, 6) is -0.334. The maximum atomic E-state index is 13.0. The molecular formula is C26H22O4. The van der Waals surface area contributed by atoms with Crippen LogP contribution >= 0.6 is 0 Å². The molecule has 0 radical (unpaired) electrons. The monoisotopic (exact) mass is 398 g/mol. The lowest BCUT2D eigenvalue weighted by atomic mass is 9.97. The molecule has 3 aromatic rings. The Hall–Kier alpha value is -3.66. The van der Waals surface area contributed by atoms with Crippen LogP contribution < -0.4 is 4.74 Å². The molecule has 0 spiro atoms. The van der Waals surface area contributed by atoms with Crippen molar-refractivity contribution in [1.82, 2.24) is 0 Å². The van der Waals surface area contributed by atoms with Gasteiger partial charge in [0.05, 0.1) is 13.7 Å². The highest BCUT2D eigenvalue weighted by Gasteiger charge is 2.35. The molecule has 1 aliphatic rings. The molecule has 0 aromatic heterocycles. The molecule has 30 heavy (non-hydrogen) atoms. The van der Waals surface area contributed by atoms with Crippen LogP contribution in [0.15, 0.2) is 84.4 Å². The summed E-state index contributed by atoms with van der Waals surface area (Å²) in [6, 6.07) is 25.1. The van der Waals surface area contributed by atoms with Gasteiger partial charge in [-0.3, -0.25) is 4.79 Å². The van der Waals surface area contributed by atoms with Gasteiger partial charge in [0.1, 0.15) is 11.3 Å². The largest absolute Gasteiger partial charge is 0.494 e. The molecule has 0 saturated carbocycles. The van der Waals surface area contributed by atoms with E-state index in [-0.39, 0.29) is 11.4 Å². The smallest absolute Gasteiger partial charge is 0.342 e. The number of hydrogen-bond acceptors (Lipinski definition) is 4. The first-order valence-electron chi connectivity index (χ1n) is 9.93. The van der Waals surface area contributed by atoms with Crippen LogP contribution in [0.25, 0.3) is 5.57 Å². The van der Waals surface area contributed by atoms with E-state index in [1.807, 2.05) is 60.7 Å². The molecule has 3 aromatic carbocycles. The van der Waals surface area contributed by atoms with Crippen LogP contribution in [0.1, 0.15) is 33.5 Å². The number of esters is 1. The number of carbonyl (C=O) groups excluding carboxylic acids is 2. The van der Waals surface area contributed by atoms with Gasteiger partial charge < -0.3 is 9.47 Å². The van der Waals surface area contributed by atoms with Gasteiger partial charge in [-0.25, -0.2) is 4.79 Å². The van der Waals surface area contributed by atoms with Gasteiger partial charge in [-0.2, -0.15) is 0 Å². The molecule has 0 saturated heterocycles. The second-order valence-corrected chi connectivity index (χ2v) is 7.08. The second-order valence-electron chi connectivity index (χ2n) is 7.08. The summed E-state index contributed by atoms with van der Waals surface area (Å²) in [5, 5.41) is 0. The molecule has 0 aliphatic heterocycles. The van der Waals surface area contributed by atoms with Crippen LogP contribution in [0.5, 0.6) is 5.75 Å². The summed E-state index contributed by atoms with van der Waals surface area (Å²) >= 11 is 0. The third-order valence-corrected chi connectivity index (χ3v) is 5.16. The minimum Gasteiger partial charge on any atom is -0.494 e. The Morgan fingerprint density at radius 3 is 2.27 bits per heavy atom. The Morgan fingerprint density at radius 2 is 1.57 bits per heavy atom. The van der Waals surface area contributed by atoms with Crippen molar-refractivity contribution in [2.24, 2.45) is 0 Å². The van der Waals surface area contributed by atoms with E-state index in [0.717, 1.165) is 24.0 Å².